The Morgan fingerprint density at radius 2 is 1.58 bits per heavy atom. The molecule has 7 heteroatoms. The van der Waals surface area contributed by atoms with Crippen molar-refractivity contribution in [1.29, 1.82) is 0 Å². The highest BCUT2D eigenvalue weighted by molar-refractivity contribution is 6.62. The fourth-order valence-electron chi connectivity index (χ4n) is 3.14. The molecule has 0 N–H and O–H groups in total. The molecule has 1 saturated heterocycles. The van der Waals surface area contributed by atoms with Crippen LogP contribution < -0.4 is 10.4 Å². The van der Waals surface area contributed by atoms with Crippen LogP contribution in [0.4, 0.5) is 5.69 Å². The summed E-state index contributed by atoms with van der Waals surface area (Å²) < 4.78 is 11.5. The Kier molecular flexibility index (Phi) is 4.14. The molecule has 0 radical (unpaired) electrons. The lowest BCUT2D eigenvalue weighted by atomic mass is 9.76. The molecular formula is C19H17BClNO4. The summed E-state index contributed by atoms with van der Waals surface area (Å²) in [5.41, 5.74) is 1.86. The van der Waals surface area contributed by atoms with Crippen molar-refractivity contribution in [3.8, 4) is 0 Å². The van der Waals surface area contributed by atoms with Gasteiger partial charge in [-0.25, -0.2) is 4.90 Å². The van der Waals surface area contributed by atoms with Gasteiger partial charge in [-0.1, -0.05) is 43.6 Å². The predicted octanol–water partition coefficient (Wildman–Crippen LogP) is 2.91. The van der Waals surface area contributed by atoms with E-state index in [0.29, 0.717) is 35.1 Å². The second kappa shape index (κ2) is 6.23. The molecule has 5 nitrogen and oxygen atoms in total. The lowest BCUT2D eigenvalue weighted by molar-refractivity contribution is 0.0343. The van der Waals surface area contributed by atoms with Crippen LogP contribution in [0.15, 0.2) is 42.5 Å². The number of amides is 2. The standard InChI is InChI=1S/C19H17BClNO4/c1-19(2)10-25-20(26-11-19)12-7-8-16(15(21)9-12)22-17(23)13-5-3-4-6-14(13)18(22)24/h3-9H,10-11H2,1-2H3. The van der Waals surface area contributed by atoms with Gasteiger partial charge in [0.25, 0.3) is 11.8 Å². The summed E-state index contributed by atoms with van der Waals surface area (Å²) in [7, 11) is -0.503. The van der Waals surface area contributed by atoms with Gasteiger partial charge >= 0.3 is 7.12 Å². The predicted molar refractivity (Wildman–Crippen MR) is 100 cm³/mol. The quantitative estimate of drug-likeness (QED) is 0.603. The summed E-state index contributed by atoms with van der Waals surface area (Å²) in [6.45, 7) is 5.30. The van der Waals surface area contributed by atoms with E-state index in [-0.39, 0.29) is 17.2 Å². The number of rotatable bonds is 2. The maximum atomic E-state index is 12.6. The van der Waals surface area contributed by atoms with E-state index in [0.717, 1.165) is 10.4 Å². The molecule has 0 saturated carbocycles. The molecule has 26 heavy (non-hydrogen) atoms. The number of fused-ring (bicyclic) bond motifs is 1. The molecule has 2 aromatic carbocycles. The maximum absolute atomic E-state index is 12.6. The van der Waals surface area contributed by atoms with E-state index in [1.807, 2.05) is 0 Å². The molecule has 2 aliphatic rings. The summed E-state index contributed by atoms with van der Waals surface area (Å²) in [5, 5.41) is 0.300. The first-order valence-electron chi connectivity index (χ1n) is 8.38. The molecule has 2 amide bonds. The van der Waals surface area contributed by atoms with Crippen LogP contribution in [-0.2, 0) is 9.31 Å². The number of hydrogen-bond donors (Lipinski definition) is 0. The van der Waals surface area contributed by atoms with Crippen molar-refractivity contribution >= 4 is 41.7 Å². The topological polar surface area (TPSA) is 55.8 Å². The van der Waals surface area contributed by atoms with Crippen LogP contribution in [0.3, 0.4) is 0 Å². The molecule has 2 heterocycles. The first kappa shape index (κ1) is 17.3. The molecule has 0 aliphatic carbocycles. The number of carbonyl (C=O) groups is 2. The van der Waals surface area contributed by atoms with Crippen LogP contribution in [-0.4, -0.2) is 32.1 Å². The minimum absolute atomic E-state index is 0.0274. The average Bonchev–Trinajstić information content (AvgIpc) is 2.87. The molecule has 0 bridgehead atoms. The van der Waals surface area contributed by atoms with Gasteiger partial charge < -0.3 is 9.31 Å². The Balaban J connectivity index is 1.62. The fourth-order valence-corrected chi connectivity index (χ4v) is 3.42. The third-order valence-electron chi connectivity index (χ3n) is 4.53. The van der Waals surface area contributed by atoms with Gasteiger partial charge in [0.05, 0.1) is 21.8 Å². The Bertz CT molecular complexity index is 869. The van der Waals surface area contributed by atoms with Crippen molar-refractivity contribution in [3.05, 3.63) is 58.6 Å². The van der Waals surface area contributed by atoms with Crippen molar-refractivity contribution in [2.45, 2.75) is 13.8 Å². The van der Waals surface area contributed by atoms with Gasteiger partial charge in [0.1, 0.15) is 0 Å². The van der Waals surface area contributed by atoms with Crippen LogP contribution in [0.25, 0.3) is 0 Å². The van der Waals surface area contributed by atoms with E-state index in [4.69, 9.17) is 20.9 Å². The molecule has 4 rings (SSSR count). The van der Waals surface area contributed by atoms with Crippen molar-refractivity contribution < 1.29 is 18.9 Å². The van der Waals surface area contributed by atoms with Crippen molar-refractivity contribution in [1.82, 2.24) is 0 Å². The highest BCUT2D eigenvalue weighted by atomic mass is 35.5. The minimum Gasteiger partial charge on any atom is -0.407 e. The first-order chi connectivity index (χ1) is 12.4. The lowest BCUT2D eigenvalue weighted by Crippen LogP contribution is -2.47. The zero-order valence-corrected chi connectivity index (χ0v) is 15.2. The third kappa shape index (κ3) is 2.84. The Morgan fingerprint density at radius 1 is 1.00 bits per heavy atom. The van der Waals surface area contributed by atoms with Gasteiger partial charge in [-0.3, -0.25) is 9.59 Å². The highest BCUT2D eigenvalue weighted by Crippen LogP contribution is 2.33. The Hall–Kier alpha value is -2.15. The normalized spacial score (nSPS) is 19.0. The molecular weight excluding hydrogens is 352 g/mol. The summed E-state index contributed by atoms with van der Waals surface area (Å²) in [6, 6.07) is 11.9. The van der Waals surface area contributed by atoms with E-state index >= 15 is 0 Å². The number of benzene rings is 2. The van der Waals surface area contributed by atoms with Gasteiger partial charge in [0.2, 0.25) is 0 Å². The average molecular weight is 370 g/mol. The molecule has 2 aliphatic heterocycles. The smallest absolute Gasteiger partial charge is 0.407 e. The van der Waals surface area contributed by atoms with E-state index in [2.05, 4.69) is 13.8 Å². The number of anilines is 1. The van der Waals surface area contributed by atoms with Crippen LogP contribution in [0.1, 0.15) is 34.6 Å². The van der Waals surface area contributed by atoms with Gasteiger partial charge in [0.15, 0.2) is 0 Å². The number of imide groups is 1. The molecule has 0 unspecified atom stereocenters. The molecule has 132 valence electrons. The first-order valence-corrected chi connectivity index (χ1v) is 8.76. The second-order valence-corrected chi connectivity index (χ2v) is 7.73. The number of nitrogens with zero attached hydrogens (tertiary/aromatic N) is 1. The van der Waals surface area contributed by atoms with E-state index in [9.17, 15) is 9.59 Å². The third-order valence-corrected chi connectivity index (χ3v) is 4.83. The monoisotopic (exact) mass is 369 g/mol. The molecule has 0 atom stereocenters. The van der Waals surface area contributed by atoms with Gasteiger partial charge in [-0.05, 0) is 29.7 Å². The van der Waals surface area contributed by atoms with Crippen molar-refractivity contribution in [3.63, 3.8) is 0 Å². The lowest BCUT2D eigenvalue weighted by Gasteiger charge is -2.33. The second-order valence-electron chi connectivity index (χ2n) is 7.32. The molecule has 0 aromatic heterocycles. The number of halogens is 1. The van der Waals surface area contributed by atoms with E-state index in [1.165, 1.54) is 0 Å². The number of hydrogen-bond acceptors (Lipinski definition) is 4. The van der Waals surface area contributed by atoms with Gasteiger partial charge in [-0.2, -0.15) is 0 Å². The summed E-state index contributed by atoms with van der Waals surface area (Å²) in [5.74, 6) is -0.737. The van der Waals surface area contributed by atoms with E-state index < -0.39 is 7.12 Å². The SMILES string of the molecule is CC1(C)COB(c2ccc(N3C(=O)c4ccccc4C3=O)c(Cl)c2)OC1. The summed E-state index contributed by atoms with van der Waals surface area (Å²) in [6.07, 6.45) is 0. The van der Waals surface area contributed by atoms with Crippen LogP contribution in [0, 0.1) is 5.41 Å². The van der Waals surface area contributed by atoms with Gasteiger partial charge in [0, 0.05) is 18.6 Å². The molecule has 0 spiro atoms. The van der Waals surface area contributed by atoms with Crippen LogP contribution >= 0.6 is 11.6 Å². The largest absolute Gasteiger partial charge is 0.493 e. The fraction of sp³-hybridized carbons (Fsp3) is 0.263. The maximum Gasteiger partial charge on any atom is 0.493 e. The highest BCUT2D eigenvalue weighted by Gasteiger charge is 2.38. The summed E-state index contributed by atoms with van der Waals surface area (Å²) in [4.78, 5) is 26.3. The van der Waals surface area contributed by atoms with Crippen LogP contribution in [0.5, 0.6) is 0 Å². The zero-order valence-electron chi connectivity index (χ0n) is 14.5. The number of carbonyl (C=O) groups excluding carboxylic acids is 2. The van der Waals surface area contributed by atoms with Gasteiger partial charge in [-0.15, -0.1) is 0 Å². The zero-order chi connectivity index (χ0) is 18.5. The molecule has 1 fully saturated rings. The van der Waals surface area contributed by atoms with Crippen molar-refractivity contribution in [2.24, 2.45) is 5.41 Å². The molecule has 2 aromatic rings. The van der Waals surface area contributed by atoms with Crippen molar-refractivity contribution in [2.75, 3.05) is 18.1 Å². The minimum atomic E-state index is -0.503. The van der Waals surface area contributed by atoms with Crippen LogP contribution in [0.2, 0.25) is 5.02 Å². The van der Waals surface area contributed by atoms with E-state index in [1.54, 1.807) is 42.5 Å². The Labute approximate surface area is 157 Å². The Morgan fingerprint density at radius 3 is 2.12 bits per heavy atom. The summed E-state index contributed by atoms with van der Waals surface area (Å²) >= 11 is 6.40.